The Kier molecular flexibility index (Phi) is 3.47. The molecule has 2 rings (SSSR count). The average molecular weight is 247 g/mol. The van der Waals surface area contributed by atoms with Gasteiger partial charge in [0.05, 0.1) is 11.9 Å². The van der Waals surface area contributed by atoms with Crippen LogP contribution in [0.2, 0.25) is 0 Å². The molecule has 2 N–H and O–H groups in total. The highest BCUT2D eigenvalue weighted by Gasteiger charge is 2.11. The number of aromatic nitrogens is 2. The maximum atomic E-state index is 13.4. The molecule has 0 aliphatic heterocycles. The van der Waals surface area contributed by atoms with Crippen molar-refractivity contribution < 1.29 is 14.3 Å². The van der Waals surface area contributed by atoms with Crippen LogP contribution in [-0.2, 0) is 6.54 Å². The van der Waals surface area contributed by atoms with Crippen LogP contribution >= 0.6 is 0 Å². The number of carbonyl (C=O) groups is 1. The van der Waals surface area contributed by atoms with E-state index in [1.54, 1.807) is 18.2 Å². The second-order valence-corrected chi connectivity index (χ2v) is 3.54. The van der Waals surface area contributed by atoms with Crippen LogP contribution in [0.5, 0.6) is 0 Å². The lowest BCUT2D eigenvalue weighted by Gasteiger charge is -2.08. The molecule has 0 aliphatic carbocycles. The number of rotatable bonds is 4. The highest BCUT2D eigenvalue weighted by atomic mass is 19.1. The Balaban J connectivity index is 2.16. The minimum atomic E-state index is -1.16. The topological polar surface area (TPSA) is 75.1 Å². The summed E-state index contributed by atoms with van der Waals surface area (Å²) < 4.78 is 13.4. The normalized spacial score (nSPS) is 10.1. The van der Waals surface area contributed by atoms with Gasteiger partial charge in [-0.1, -0.05) is 18.2 Å². The molecular weight excluding hydrogens is 237 g/mol. The third-order valence-electron chi connectivity index (χ3n) is 2.34. The molecule has 0 aliphatic rings. The fourth-order valence-corrected chi connectivity index (χ4v) is 1.46. The minimum Gasteiger partial charge on any atom is -0.476 e. The van der Waals surface area contributed by atoms with E-state index in [2.05, 4.69) is 15.3 Å². The Morgan fingerprint density at radius 3 is 2.89 bits per heavy atom. The molecule has 18 heavy (non-hydrogen) atoms. The SMILES string of the molecule is O=C(O)c1ncncc1NCc1ccccc1F. The lowest BCUT2D eigenvalue weighted by Crippen LogP contribution is -2.09. The van der Waals surface area contributed by atoms with Crippen LogP contribution in [-0.4, -0.2) is 21.0 Å². The van der Waals surface area contributed by atoms with Crippen molar-refractivity contribution in [2.24, 2.45) is 0 Å². The number of nitrogens with zero attached hydrogens (tertiary/aromatic N) is 2. The fourth-order valence-electron chi connectivity index (χ4n) is 1.46. The van der Waals surface area contributed by atoms with Crippen LogP contribution in [0, 0.1) is 5.82 Å². The molecule has 0 saturated heterocycles. The summed E-state index contributed by atoms with van der Waals surface area (Å²) >= 11 is 0. The second-order valence-electron chi connectivity index (χ2n) is 3.54. The first-order chi connectivity index (χ1) is 8.68. The van der Waals surface area contributed by atoms with Crippen molar-refractivity contribution in [3.8, 4) is 0 Å². The van der Waals surface area contributed by atoms with Crippen molar-refractivity contribution in [2.75, 3.05) is 5.32 Å². The molecule has 0 atom stereocenters. The number of nitrogens with one attached hydrogen (secondary N) is 1. The number of hydrogen-bond acceptors (Lipinski definition) is 4. The van der Waals surface area contributed by atoms with Gasteiger partial charge >= 0.3 is 5.97 Å². The Hall–Kier alpha value is -2.50. The molecule has 1 aromatic heterocycles. The summed E-state index contributed by atoms with van der Waals surface area (Å²) in [4.78, 5) is 18.3. The second kappa shape index (κ2) is 5.22. The summed E-state index contributed by atoms with van der Waals surface area (Å²) in [5.74, 6) is -1.51. The van der Waals surface area contributed by atoms with Crippen molar-refractivity contribution in [1.29, 1.82) is 0 Å². The number of halogens is 1. The Morgan fingerprint density at radius 2 is 2.17 bits per heavy atom. The van der Waals surface area contributed by atoms with E-state index < -0.39 is 5.97 Å². The molecule has 1 heterocycles. The van der Waals surface area contributed by atoms with E-state index in [1.807, 2.05) is 0 Å². The van der Waals surface area contributed by atoms with Crippen LogP contribution in [0.15, 0.2) is 36.8 Å². The molecule has 0 unspecified atom stereocenters. The Morgan fingerprint density at radius 1 is 1.39 bits per heavy atom. The zero-order valence-electron chi connectivity index (χ0n) is 9.30. The lowest BCUT2D eigenvalue weighted by molar-refractivity contribution is 0.0691. The molecular formula is C12H10FN3O2. The van der Waals surface area contributed by atoms with Gasteiger partial charge in [0.1, 0.15) is 12.1 Å². The van der Waals surface area contributed by atoms with Gasteiger partial charge < -0.3 is 10.4 Å². The number of hydrogen-bond donors (Lipinski definition) is 2. The fraction of sp³-hybridized carbons (Fsp3) is 0.0833. The molecule has 92 valence electrons. The third-order valence-corrected chi connectivity index (χ3v) is 2.34. The molecule has 0 fully saturated rings. The Bertz CT molecular complexity index is 575. The van der Waals surface area contributed by atoms with Gasteiger partial charge in [0.2, 0.25) is 0 Å². The lowest BCUT2D eigenvalue weighted by atomic mass is 10.2. The average Bonchev–Trinajstić information content (AvgIpc) is 2.38. The summed E-state index contributed by atoms with van der Waals surface area (Å²) in [6.07, 6.45) is 2.50. The van der Waals surface area contributed by atoms with E-state index in [1.165, 1.54) is 12.3 Å². The third kappa shape index (κ3) is 2.60. The van der Waals surface area contributed by atoms with Crippen LogP contribution in [0.3, 0.4) is 0 Å². The smallest absolute Gasteiger partial charge is 0.356 e. The highest BCUT2D eigenvalue weighted by molar-refractivity contribution is 5.91. The van der Waals surface area contributed by atoms with Crippen molar-refractivity contribution in [3.05, 3.63) is 53.9 Å². The van der Waals surface area contributed by atoms with Gasteiger partial charge in [0.15, 0.2) is 5.69 Å². The van der Waals surface area contributed by atoms with Crippen LogP contribution in [0.1, 0.15) is 16.1 Å². The summed E-state index contributed by atoms with van der Waals surface area (Å²) in [5, 5.41) is 11.7. The van der Waals surface area contributed by atoms with Crippen LogP contribution in [0.25, 0.3) is 0 Å². The monoisotopic (exact) mass is 247 g/mol. The Labute approximate surface area is 102 Å². The summed E-state index contributed by atoms with van der Waals surface area (Å²) in [6.45, 7) is 0.167. The number of carboxylic acid groups (broad SMARTS) is 1. The van der Waals surface area contributed by atoms with E-state index in [-0.39, 0.29) is 23.7 Å². The van der Waals surface area contributed by atoms with Gasteiger partial charge in [-0.15, -0.1) is 0 Å². The molecule has 2 aromatic rings. The molecule has 0 bridgehead atoms. The predicted molar refractivity (Wildman–Crippen MR) is 62.7 cm³/mol. The van der Waals surface area contributed by atoms with Gasteiger partial charge in [-0.25, -0.2) is 19.2 Å². The quantitative estimate of drug-likeness (QED) is 0.863. The van der Waals surface area contributed by atoms with Gasteiger partial charge in [0, 0.05) is 12.1 Å². The van der Waals surface area contributed by atoms with E-state index in [0.29, 0.717) is 5.56 Å². The van der Waals surface area contributed by atoms with Crippen LogP contribution in [0.4, 0.5) is 10.1 Å². The minimum absolute atomic E-state index is 0.138. The van der Waals surface area contributed by atoms with E-state index in [4.69, 9.17) is 5.11 Å². The molecule has 0 amide bonds. The first-order valence-electron chi connectivity index (χ1n) is 5.19. The number of carboxylic acids is 1. The summed E-state index contributed by atoms with van der Waals surface area (Å²) in [7, 11) is 0. The van der Waals surface area contributed by atoms with Crippen molar-refractivity contribution >= 4 is 11.7 Å². The molecule has 0 radical (unpaired) electrons. The first kappa shape index (κ1) is 12.0. The van der Waals surface area contributed by atoms with Gasteiger partial charge in [-0.2, -0.15) is 0 Å². The number of benzene rings is 1. The zero-order valence-corrected chi connectivity index (χ0v) is 9.30. The largest absolute Gasteiger partial charge is 0.476 e. The van der Waals surface area contributed by atoms with Gasteiger partial charge in [0.25, 0.3) is 0 Å². The van der Waals surface area contributed by atoms with E-state index in [9.17, 15) is 9.18 Å². The highest BCUT2D eigenvalue weighted by Crippen LogP contribution is 2.13. The van der Waals surface area contributed by atoms with Crippen LogP contribution < -0.4 is 5.32 Å². The van der Waals surface area contributed by atoms with Crippen molar-refractivity contribution in [1.82, 2.24) is 9.97 Å². The zero-order chi connectivity index (χ0) is 13.0. The first-order valence-corrected chi connectivity index (χ1v) is 5.19. The van der Waals surface area contributed by atoms with E-state index in [0.717, 1.165) is 6.33 Å². The van der Waals surface area contributed by atoms with E-state index >= 15 is 0 Å². The molecule has 5 nitrogen and oxygen atoms in total. The van der Waals surface area contributed by atoms with Crippen molar-refractivity contribution in [3.63, 3.8) is 0 Å². The summed E-state index contributed by atoms with van der Waals surface area (Å²) in [6, 6.07) is 6.26. The number of aromatic carboxylic acids is 1. The molecule has 0 spiro atoms. The van der Waals surface area contributed by atoms with Gasteiger partial charge in [-0.05, 0) is 6.07 Å². The summed E-state index contributed by atoms with van der Waals surface area (Å²) in [5.41, 5.74) is 0.562. The molecule has 6 heteroatoms. The predicted octanol–water partition coefficient (Wildman–Crippen LogP) is 1.93. The van der Waals surface area contributed by atoms with Crippen molar-refractivity contribution in [2.45, 2.75) is 6.54 Å². The maximum absolute atomic E-state index is 13.4. The molecule has 1 aromatic carbocycles. The number of anilines is 1. The molecule has 0 saturated carbocycles. The maximum Gasteiger partial charge on any atom is 0.356 e. The standard InChI is InChI=1S/C12H10FN3O2/c13-9-4-2-1-3-8(9)5-15-10-6-14-7-16-11(10)12(17)18/h1-4,6-7,15H,5H2,(H,17,18). The van der Waals surface area contributed by atoms with Gasteiger partial charge in [-0.3, -0.25) is 0 Å².